The van der Waals surface area contributed by atoms with Crippen LogP contribution in [0.2, 0.25) is 0 Å². The van der Waals surface area contributed by atoms with Gasteiger partial charge in [0.15, 0.2) is 0 Å². The number of nitrogens with zero attached hydrogens (tertiary/aromatic N) is 3. The van der Waals surface area contributed by atoms with Gasteiger partial charge >= 0.3 is 5.97 Å². The van der Waals surface area contributed by atoms with E-state index in [4.69, 9.17) is 4.74 Å². The fraction of sp³-hybridized carbons (Fsp3) is 0.409. The fourth-order valence-electron chi connectivity index (χ4n) is 3.68. The molecule has 1 unspecified atom stereocenters. The highest BCUT2D eigenvalue weighted by molar-refractivity contribution is 5.80. The van der Waals surface area contributed by atoms with Gasteiger partial charge in [0, 0.05) is 13.0 Å². The summed E-state index contributed by atoms with van der Waals surface area (Å²) in [4.78, 5) is 12.3. The van der Waals surface area contributed by atoms with Gasteiger partial charge in [-0.3, -0.25) is 4.79 Å². The van der Waals surface area contributed by atoms with Gasteiger partial charge in [-0.15, -0.1) is 5.10 Å². The maximum Gasteiger partial charge on any atom is 0.306 e. The molecule has 0 fully saturated rings. The van der Waals surface area contributed by atoms with Crippen LogP contribution in [0.25, 0.3) is 11.0 Å². The van der Waals surface area contributed by atoms with Crippen LogP contribution in [0.15, 0.2) is 30.3 Å². The second kappa shape index (κ2) is 8.52. The first-order valence-electron chi connectivity index (χ1n) is 9.66. The molecule has 1 heterocycles. The standard InChI is InChI=1S/C22H27N3O3/c1-5-15-9-17(11-20-22(15)25(4)24-23-20)19(12-21(27)28-6-2)16-8-7-14(3)18(10-16)13-26/h7-11,19,26H,5-6,12-13H2,1-4H3. The van der Waals surface area contributed by atoms with Gasteiger partial charge in [0.25, 0.3) is 0 Å². The van der Waals surface area contributed by atoms with Gasteiger partial charge in [-0.1, -0.05) is 36.4 Å². The van der Waals surface area contributed by atoms with Gasteiger partial charge in [0.1, 0.15) is 5.52 Å². The molecular formula is C22H27N3O3. The zero-order chi connectivity index (χ0) is 20.3. The van der Waals surface area contributed by atoms with Gasteiger partial charge in [0.05, 0.1) is 25.2 Å². The van der Waals surface area contributed by atoms with Crippen LogP contribution in [0.3, 0.4) is 0 Å². The molecule has 1 N–H and O–H groups in total. The number of hydrogen-bond donors (Lipinski definition) is 1. The van der Waals surface area contributed by atoms with Crippen LogP contribution >= 0.6 is 0 Å². The smallest absolute Gasteiger partial charge is 0.306 e. The summed E-state index contributed by atoms with van der Waals surface area (Å²) in [5.74, 6) is -0.419. The monoisotopic (exact) mass is 381 g/mol. The molecule has 0 amide bonds. The molecule has 0 aliphatic heterocycles. The molecule has 6 heteroatoms. The van der Waals surface area contributed by atoms with Gasteiger partial charge in [-0.05, 0) is 54.2 Å². The van der Waals surface area contributed by atoms with Crippen LogP contribution in [-0.4, -0.2) is 32.7 Å². The van der Waals surface area contributed by atoms with Crippen molar-refractivity contribution >= 4 is 17.0 Å². The number of ether oxygens (including phenoxy) is 1. The van der Waals surface area contributed by atoms with Crippen molar-refractivity contribution < 1.29 is 14.6 Å². The van der Waals surface area contributed by atoms with Crippen LogP contribution < -0.4 is 0 Å². The van der Waals surface area contributed by atoms with Crippen molar-refractivity contribution in [3.05, 3.63) is 58.1 Å². The average molecular weight is 381 g/mol. The Morgan fingerprint density at radius 3 is 2.61 bits per heavy atom. The Morgan fingerprint density at radius 1 is 1.18 bits per heavy atom. The summed E-state index contributed by atoms with van der Waals surface area (Å²) in [5.41, 5.74) is 6.85. The molecule has 0 radical (unpaired) electrons. The summed E-state index contributed by atoms with van der Waals surface area (Å²) < 4.78 is 7.01. The Bertz CT molecular complexity index is 994. The maximum absolute atomic E-state index is 12.3. The first-order valence-corrected chi connectivity index (χ1v) is 9.66. The summed E-state index contributed by atoms with van der Waals surface area (Å²) in [5, 5.41) is 18.1. The number of benzene rings is 2. The Hall–Kier alpha value is -2.73. The third-order valence-corrected chi connectivity index (χ3v) is 5.21. The predicted octanol–water partition coefficient (Wildman–Crippen LogP) is 3.42. The van der Waals surface area contributed by atoms with E-state index >= 15 is 0 Å². The summed E-state index contributed by atoms with van der Waals surface area (Å²) >= 11 is 0. The lowest BCUT2D eigenvalue weighted by Gasteiger charge is -2.20. The number of esters is 1. The summed E-state index contributed by atoms with van der Waals surface area (Å²) in [6, 6.07) is 10.1. The van der Waals surface area contributed by atoms with Crippen LogP contribution in [0.1, 0.15) is 54.0 Å². The summed E-state index contributed by atoms with van der Waals surface area (Å²) in [6.45, 7) is 6.20. The third kappa shape index (κ3) is 3.92. The van der Waals surface area contributed by atoms with Crippen LogP contribution in [0, 0.1) is 6.92 Å². The second-order valence-corrected chi connectivity index (χ2v) is 7.02. The van der Waals surface area contributed by atoms with Crippen molar-refractivity contribution in [3.8, 4) is 0 Å². The van der Waals surface area contributed by atoms with E-state index in [1.54, 1.807) is 4.68 Å². The molecule has 1 aromatic heterocycles. The molecule has 6 nitrogen and oxygen atoms in total. The Kier molecular flexibility index (Phi) is 6.09. The van der Waals surface area contributed by atoms with Crippen LogP contribution in [0.4, 0.5) is 0 Å². The number of carbonyl (C=O) groups excluding carboxylic acids is 1. The van der Waals surface area contributed by atoms with E-state index in [0.717, 1.165) is 45.3 Å². The number of aliphatic hydroxyl groups excluding tert-OH is 1. The predicted molar refractivity (Wildman–Crippen MR) is 108 cm³/mol. The minimum Gasteiger partial charge on any atom is -0.466 e. The molecule has 0 bridgehead atoms. The molecule has 148 valence electrons. The van der Waals surface area contributed by atoms with E-state index in [0.29, 0.717) is 6.61 Å². The SMILES string of the molecule is CCOC(=O)CC(c1ccc(C)c(CO)c1)c1cc(CC)c2c(c1)nnn2C. The molecule has 1 atom stereocenters. The van der Waals surface area contributed by atoms with E-state index in [1.165, 1.54) is 0 Å². The minimum atomic E-state index is -0.240. The van der Waals surface area contributed by atoms with Gasteiger partial charge < -0.3 is 9.84 Å². The van der Waals surface area contributed by atoms with Crippen molar-refractivity contribution in [1.82, 2.24) is 15.0 Å². The highest BCUT2D eigenvalue weighted by atomic mass is 16.5. The number of fused-ring (bicyclic) bond motifs is 1. The van der Waals surface area contributed by atoms with E-state index in [-0.39, 0.29) is 24.9 Å². The molecule has 0 aliphatic rings. The van der Waals surface area contributed by atoms with Gasteiger partial charge in [0.2, 0.25) is 0 Å². The first kappa shape index (κ1) is 20.0. The zero-order valence-corrected chi connectivity index (χ0v) is 16.9. The lowest BCUT2D eigenvalue weighted by Crippen LogP contribution is -2.13. The summed E-state index contributed by atoms with van der Waals surface area (Å²) in [7, 11) is 1.89. The first-order chi connectivity index (χ1) is 13.5. The minimum absolute atomic E-state index is 0.0325. The van der Waals surface area contributed by atoms with Crippen molar-refractivity contribution in [2.24, 2.45) is 7.05 Å². The van der Waals surface area contributed by atoms with E-state index in [2.05, 4.69) is 23.3 Å². The Balaban J connectivity index is 2.13. The molecule has 0 saturated carbocycles. The molecule has 0 aliphatic carbocycles. The van der Waals surface area contributed by atoms with E-state index in [9.17, 15) is 9.90 Å². The number of rotatable bonds is 7. The van der Waals surface area contributed by atoms with Gasteiger partial charge in [-0.25, -0.2) is 4.68 Å². The molecule has 0 saturated heterocycles. The Morgan fingerprint density at radius 2 is 1.93 bits per heavy atom. The number of carbonyl (C=O) groups is 1. The lowest BCUT2D eigenvalue weighted by atomic mass is 9.85. The van der Waals surface area contributed by atoms with Crippen molar-refractivity contribution in [2.45, 2.75) is 46.1 Å². The number of aliphatic hydroxyl groups is 1. The molecule has 3 aromatic rings. The molecular weight excluding hydrogens is 354 g/mol. The molecule has 2 aromatic carbocycles. The third-order valence-electron chi connectivity index (χ3n) is 5.21. The van der Waals surface area contributed by atoms with Crippen molar-refractivity contribution in [2.75, 3.05) is 6.61 Å². The number of aromatic nitrogens is 3. The lowest BCUT2D eigenvalue weighted by molar-refractivity contribution is -0.143. The van der Waals surface area contributed by atoms with Crippen molar-refractivity contribution in [1.29, 1.82) is 0 Å². The molecule has 3 rings (SSSR count). The average Bonchev–Trinajstić information content (AvgIpc) is 3.07. The van der Waals surface area contributed by atoms with Crippen molar-refractivity contribution in [3.63, 3.8) is 0 Å². The maximum atomic E-state index is 12.3. The van der Waals surface area contributed by atoms with E-state index < -0.39 is 0 Å². The Labute approximate surface area is 165 Å². The molecule has 0 spiro atoms. The van der Waals surface area contributed by atoms with E-state index in [1.807, 2.05) is 45.2 Å². The highest BCUT2D eigenvalue weighted by Gasteiger charge is 2.22. The molecule has 28 heavy (non-hydrogen) atoms. The summed E-state index contributed by atoms with van der Waals surface area (Å²) in [6.07, 6.45) is 1.07. The highest BCUT2D eigenvalue weighted by Crippen LogP contribution is 2.33. The normalized spacial score (nSPS) is 12.3. The number of aryl methyl sites for hydroxylation is 3. The quantitative estimate of drug-likeness (QED) is 0.635. The second-order valence-electron chi connectivity index (χ2n) is 7.02. The van der Waals surface area contributed by atoms with Crippen LogP contribution in [-0.2, 0) is 29.6 Å². The topological polar surface area (TPSA) is 77.2 Å². The largest absolute Gasteiger partial charge is 0.466 e. The van der Waals surface area contributed by atoms with Gasteiger partial charge in [-0.2, -0.15) is 0 Å². The zero-order valence-electron chi connectivity index (χ0n) is 16.9. The van der Waals surface area contributed by atoms with Crippen LogP contribution in [0.5, 0.6) is 0 Å². The number of hydrogen-bond acceptors (Lipinski definition) is 5. The fourth-order valence-corrected chi connectivity index (χ4v) is 3.68.